The summed E-state index contributed by atoms with van der Waals surface area (Å²) in [4.78, 5) is 23.0. The molecule has 0 aromatic carbocycles. The van der Waals surface area contributed by atoms with Crippen LogP contribution in [0.2, 0.25) is 0 Å². The predicted octanol–water partition coefficient (Wildman–Crippen LogP) is -0.958. The third kappa shape index (κ3) is 3.82. The highest BCUT2D eigenvalue weighted by Crippen LogP contribution is 2.00. The second-order valence-electron chi connectivity index (χ2n) is 3.83. The van der Waals surface area contributed by atoms with Crippen molar-refractivity contribution in [3.05, 3.63) is 6.33 Å². The number of hydrogen-bond donors (Lipinski definition) is 2. The standard InChI is InChI=1S/C9H15N5O3/c1-6(2)8(15)7(11-9(16)17-3)4-14-5-10-12-13-14/h5-7H,4H2,1-3H3,(H,11,16)/p+1/t7-/m0/s1. The first-order valence-electron chi connectivity index (χ1n) is 5.18. The molecule has 0 aliphatic rings. The quantitative estimate of drug-likeness (QED) is 0.648. The molecule has 0 aliphatic carbocycles. The maximum absolute atomic E-state index is 11.9. The molecule has 0 unspecified atom stereocenters. The van der Waals surface area contributed by atoms with E-state index in [2.05, 4.69) is 25.6 Å². The Hall–Kier alpha value is -1.99. The van der Waals surface area contributed by atoms with Gasteiger partial charge in [0.15, 0.2) is 11.0 Å². The molecule has 1 amide bonds. The topological polar surface area (TPSA) is 101 Å². The van der Waals surface area contributed by atoms with Gasteiger partial charge in [0.05, 0.1) is 7.11 Å². The Morgan fingerprint density at radius 1 is 1.53 bits per heavy atom. The van der Waals surface area contributed by atoms with E-state index in [1.54, 1.807) is 13.8 Å². The summed E-state index contributed by atoms with van der Waals surface area (Å²) in [7, 11) is 1.25. The number of Topliss-reactive ketones (excluding diaryl/α,β-unsaturated/α-hetero) is 1. The van der Waals surface area contributed by atoms with E-state index in [0.29, 0.717) is 0 Å². The molecule has 2 N–H and O–H groups in total. The van der Waals surface area contributed by atoms with Gasteiger partial charge in [0, 0.05) is 5.92 Å². The number of rotatable bonds is 5. The summed E-state index contributed by atoms with van der Waals surface area (Å²) < 4.78 is 5.98. The average Bonchev–Trinajstić information content (AvgIpc) is 2.79. The SMILES string of the molecule is COC(=O)N[C@@H](C[n+]1cnn[nH]1)C(=O)C(C)C. The minimum Gasteiger partial charge on any atom is -0.453 e. The molecule has 8 heteroatoms. The van der Waals surface area contributed by atoms with Crippen LogP contribution in [0.3, 0.4) is 0 Å². The van der Waals surface area contributed by atoms with Crippen LogP contribution >= 0.6 is 0 Å². The van der Waals surface area contributed by atoms with Gasteiger partial charge in [0.2, 0.25) is 0 Å². The van der Waals surface area contributed by atoms with E-state index in [0.717, 1.165) is 0 Å². The van der Waals surface area contributed by atoms with Crippen molar-refractivity contribution in [3.63, 3.8) is 0 Å². The highest BCUT2D eigenvalue weighted by Gasteiger charge is 2.25. The van der Waals surface area contributed by atoms with Gasteiger partial charge in [-0.15, -0.1) is 0 Å². The molecule has 17 heavy (non-hydrogen) atoms. The molecule has 1 aromatic rings. The van der Waals surface area contributed by atoms with Crippen LogP contribution < -0.4 is 10.00 Å². The van der Waals surface area contributed by atoms with E-state index in [-0.39, 0.29) is 18.2 Å². The fourth-order valence-corrected chi connectivity index (χ4v) is 1.29. The van der Waals surface area contributed by atoms with Crippen molar-refractivity contribution < 1.29 is 19.0 Å². The Kier molecular flexibility index (Phi) is 4.56. The van der Waals surface area contributed by atoms with E-state index < -0.39 is 12.1 Å². The van der Waals surface area contributed by atoms with Crippen molar-refractivity contribution in [1.82, 2.24) is 20.8 Å². The zero-order valence-electron chi connectivity index (χ0n) is 10.0. The summed E-state index contributed by atoms with van der Waals surface area (Å²) in [5.41, 5.74) is 0. The second kappa shape index (κ2) is 5.92. The summed E-state index contributed by atoms with van der Waals surface area (Å²) in [6, 6.07) is -0.672. The highest BCUT2D eigenvalue weighted by atomic mass is 16.5. The Balaban J connectivity index is 2.71. The molecule has 0 saturated carbocycles. The van der Waals surface area contributed by atoms with Crippen molar-refractivity contribution in [1.29, 1.82) is 0 Å². The zero-order chi connectivity index (χ0) is 12.8. The number of hydrogen-bond acceptors (Lipinski definition) is 5. The molecular formula is C9H16N5O3+. The third-order valence-electron chi connectivity index (χ3n) is 2.19. The number of ketones is 1. The number of amides is 1. The predicted molar refractivity (Wildman–Crippen MR) is 55.8 cm³/mol. The molecule has 0 saturated heterocycles. The molecule has 0 spiro atoms. The van der Waals surface area contributed by atoms with Gasteiger partial charge in [-0.25, -0.2) is 4.79 Å². The Morgan fingerprint density at radius 3 is 2.71 bits per heavy atom. The number of ether oxygens (including phenoxy) is 1. The minimum atomic E-state index is -0.672. The van der Waals surface area contributed by atoms with Gasteiger partial charge in [0.25, 0.3) is 6.33 Å². The Labute approximate surface area is 98.3 Å². The molecule has 1 atom stereocenters. The van der Waals surface area contributed by atoms with Gasteiger partial charge in [-0.2, -0.15) is 4.68 Å². The summed E-state index contributed by atoms with van der Waals surface area (Å²) in [5, 5.41) is 12.1. The van der Waals surface area contributed by atoms with Crippen molar-refractivity contribution in [3.8, 4) is 0 Å². The number of tetrazole rings is 1. The number of H-pyrrole nitrogens is 1. The van der Waals surface area contributed by atoms with Gasteiger partial charge in [-0.05, 0) is 0 Å². The van der Waals surface area contributed by atoms with Gasteiger partial charge < -0.3 is 10.1 Å². The maximum Gasteiger partial charge on any atom is 0.407 e. The lowest BCUT2D eigenvalue weighted by Gasteiger charge is -2.16. The molecule has 1 rings (SSSR count). The molecule has 0 radical (unpaired) electrons. The van der Waals surface area contributed by atoms with E-state index >= 15 is 0 Å². The number of aromatic amines is 1. The van der Waals surface area contributed by atoms with Crippen molar-refractivity contribution in [2.75, 3.05) is 7.11 Å². The molecule has 8 nitrogen and oxygen atoms in total. The lowest BCUT2D eigenvalue weighted by Crippen LogP contribution is -2.53. The number of aromatic nitrogens is 4. The summed E-state index contributed by atoms with van der Waals surface area (Å²) >= 11 is 0. The van der Waals surface area contributed by atoms with E-state index in [1.165, 1.54) is 18.1 Å². The van der Waals surface area contributed by atoms with Gasteiger partial charge in [-0.1, -0.05) is 19.1 Å². The fourth-order valence-electron chi connectivity index (χ4n) is 1.29. The zero-order valence-corrected chi connectivity index (χ0v) is 10.0. The van der Waals surface area contributed by atoms with Crippen molar-refractivity contribution in [2.45, 2.75) is 26.4 Å². The van der Waals surface area contributed by atoms with Crippen LogP contribution in [0.25, 0.3) is 0 Å². The summed E-state index contributed by atoms with van der Waals surface area (Å²) in [5.74, 6) is -0.272. The summed E-state index contributed by atoms with van der Waals surface area (Å²) in [6.45, 7) is 3.77. The van der Waals surface area contributed by atoms with Crippen molar-refractivity contribution >= 4 is 11.9 Å². The molecule has 0 aliphatic heterocycles. The highest BCUT2D eigenvalue weighted by molar-refractivity contribution is 5.88. The van der Waals surface area contributed by atoms with E-state index in [9.17, 15) is 9.59 Å². The smallest absolute Gasteiger partial charge is 0.407 e. The van der Waals surface area contributed by atoms with Crippen LogP contribution in [0.5, 0.6) is 0 Å². The number of methoxy groups -OCH3 is 1. The molecule has 94 valence electrons. The lowest BCUT2D eigenvalue weighted by atomic mass is 10.0. The molecular weight excluding hydrogens is 226 g/mol. The Bertz CT molecular complexity index is 376. The number of alkyl carbamates (subject to hydrolysis) is 1. The van der Waals surface area contributed by atoms with Crippen LogP contribution in [-0.4, -0.2) is 40.6 Å². The first-order chi connectivity index (χ1) is 8.04. The molecule has 0 fully saturated rings. The second-order valence-corrected chi connectivity index (χ2v) is 3.83. The van der Waals surface area contributed by atoms with Crippen LogP contribution in [-0.2, 0) is 16.1 Å². The van der Waals surface area contributed by atoms with Crippen LogP contribution in [0.1, 0.15) is 13.8 Å². The molecule has 1 aromatic heterocycles. The molecule has 1 heterocycles. The number of carbonyl (C=O) groups excluding carboxylic acids is 2. The first-order valence-corrected chi connectivity index (χ1v) is 5.18. The van der Waals surface area contributed by atoms with Crippen LogP contribution in [0, 0.1) is 5.92 Å². The normalized spacial score (nSPS) is 12.2. The summed E-state index contributed by atoms with van der Waals surface area (Å²) in [6.07, 6.45) is 0.789. The van der Waals surface area contributed by atoms with E-state index in [1.807, 2.05) is 0 Å². The Morgan fingerprint density at radius 2 is 2.24 bits per heavy atom. The lowest BCUT2D eigenvalue weighted by molar-refractivity contribution is -0.754. The third-order valence-corrected chi connectivity index (χ3v) is 2.19. The number of nitrogens with one attached hydrogen (secondary N) is 2. The maximum atomic E-state index is 11.9. The first kappa shape index (κ1) is 13.1. The monoisotopic (exact) mass is 242 g/mol. The van der Waals surface area contributed by atoms with Crippen LogP contribution in [0.4, 0.5) is 4.79 Å². The van der Waals surface area contributed by atoms with Gasteiger partial charge >= 0.3 is 6.09 Å². The number of nitrogens with zero attached hydrogens (tertiary/aromatic N) is 3. The van der Waals surface area contributed by atoms with Gasteiger partial charge in [-0.3, -0.25) is 4.79 Å². The van der Waals surface area contributed by atoms with E-state index in [4.69, 9.17) is 0 Å². The molecule has 0 bridgehead atoms. The average molecular weight is 242 g/mol. The van der Waals surface area contributed by atoms with Crippen LogP contribution in [0.15, 0.2) is 6.33 Å². The number of carbonyl (C=O) groups is 2. The fraction of sp³-hybridized carbons (Fsp3) is 0.667. The largest absolute Gasteiger partial charge is 0.453 e. The van der Waals surface area contributed by atoms with Crippen molar-refractivity contribution in [2.24, 2.45) is 5.92 Å². The van der Waals surface area contributed by atoms with Gasteiger partial charge in [0.1, 0.15) is 17.7 Å². The minimum absolute atomic E-state index is 0.0856.